The molecule has 0 aromatic heterocycles. The standard InChI is InChI=1S/C14H22NO2/c1-15(2,3)9-14(10-16-11-14)12-17-13-7-5-4-6-8-13/h4-8H,9-12H2,1-3H3/q+1. The highest BCUT2D eigenvalue weighted by Crippen LogP contribution is 2.30. The van der Waals surface area contributed by atoms with Crippen molar-refractivity contribution >= 4 is 0 Å². The Hall–Kier alpha value is -1.06. The van der Waals surface area contributed by atoms with E-state index in [1.165, 1.54) is 0 Å². The second kappa shape index (κ2) is 4.67. The molecule has 0 bridgehead atoms. The van der Waals surface area contributed by atoms with Crippen molar-refractivity contribution in [3.05, 3.63) is 30.3 Å². The molecular weight excluding hydrogens is 214 g/mol. The Morgan fingerprint density at radius 1 is 1.18 bits per heavy atom. The summed E-state index contributed by atoms with van der Waals surface area (Å²) in [5.41, 5.74) is 0.189. The van der Waals surface area contributed by atoms with Gasteiger partial charge in [0.15, 0.2) is 0 Å². The third-order valence-electron chi connectivity index (χ3n) is 2.91. The largest absolute Gasteiger partial charge is 0.493 e. The maximum atomic E-state index is 5.87. The number of hydrogen-bond acceptors (Lipinski definition) is 2. The van der Waals surface area contributed by atoms with E-state index in [0.29, 0.717) is 0 Å². The van der Waals surface area contributed by atoms with Gasteiger partial charge in [-0.1, -0.05) is 18.2 Å². The van der Waals surface area contributed by atoms with E-state index in [1.54, 1.807) is 0 Å². The minimum Gasteiger partial charge on any atom is -0.493 e. The van der Waals surface area contributed by atoms with Crippen LogP contribution in [0.1, 0.15) is 0 Å². The smallest absolute Gasteiger partial charge is 0.119 e. The molecule has 0 spiro atoms. The number of quaternary nitrogens is 1. The molecule has 0 unspecified atom stereocenters. The lowest BCUT2D eigenvalue weighted by molar-refractivity contribution is -0.879. The highest BCUT2D eigenvalue weighted by Gasteiger charge is 2.44. The van der Waals surface area contributed by atoms with Crippen molar-refractivity contribution in [2.24, 2.45) is 5.41 Å². The minimum absolute atomic E-state index is 0.189. The van der Waals surface area contributed by atoms with E-state index < -0.39 is 0 Å². The Labute approximate surface area is 104 Å². The normalized spacial score (nSPS) is 18.5. The van der Waals surface area contributed by atoms with E-state index in [1.807, 2.05) is 30.3 Å². The number of ether oxygens (including phenoxy) is 2. The van der Waals surface area contributed by atoms with Crippen LogP contribution >= 0.6 is 0 Å². The summed E-state index contributed by atoms with van der Waals surface area (Å²) in [7, 11) is 6.63. The van der Waals surface area contributed by atoms with Crippen LogP contribution in [0.2, 0.25) is 0 Å². The molecule has 1 aliphatic rings. The van der Waals surface area contributed by atoms with E-state index in [-0.39, 0.29) is 5.41 Å². The molecule has 1 aromatic rings. The number of nitrogens with zero attached hydrogens (tertiary/aromatic N) is 1. The van der Waals surface area contributed by atoms with Crippen LogP contribution in [-0.4, -0.2) is 52.0 Å². The maximum absolute atomic E-state index is 5.87. The molecule has 1 aliphatic heterocycles. The monoisotopic (exact) mass is 236 g/mol. The zero-order valence-electron chi connectivity index (χ0n) is 11.0. The molecule has 0 atom stereocenters. The summed E-state index contributed by atoms with van der Waals surface area (Å²) >= 11 is 0. The van der Waals surface area contributed by atoms with Crippen LogP contribution in [0.4, 0.5) is 0 Å². The van der Waals surface area contributed by atoms with Gasteiger partial charge in [-0.15, -0.1) is 0 Å². The molecule has 2 rings (SSSR count). The molecule has 0 N–H and O–H groups in total. The fourth-order valence-corrected chi connectivity index (χ4v) is 2.37. The predicted octanol–water partition coefficient (Wildman–Crippen LogP) is 1.79. The van der Waals surface area contributed by atoms with Crippen LogP contribution in [0.15, 0.2) is 30.3 Å². The Bertz CT molecular complexity index is 352. The van der Waals surface area contributed by atoms with Gasteiger partial charge in [0, 0.05) is 0 Å². The lowest BCUT2D eigenvalue weighted by Gasteiger charge is -2.44. The molecule has 0 amide bonds. The van der Waals surface area contributed by atoms with Crippen molar-refractivity contribution in [3.8, 4) is 5.75 Å². The van der Waals surface area contributed by atoms with Crippen molar-refractivity contribution in [2.45, 2.75) is 0 Å². The van der Waals surface area contributed by atoms with E-state index >= 15 is 0 Å². The zero-order valence-corrected chi connectivity index (χ0v) is 11.0. The Balaban J connectivity index is 1.92. The molecule has 0 aliphatic carbocycles. The molecule has 1 saturated heterocycles. The van der Waals surface area contributed by atoms with Gasteiger partial charge in [-0.2, -0.15) is 0 Å². The van der Waals surface area contributed by atoms with Crippen molar-refractivity contribution in [2.75, 3.05) is 47.5 Å². The molecule has 1 aromatic carbocycles. The maximum Gasteiger partial charge on any atom is 0.119 e. The predicted molar refractivity (Wildman–Crippen MR) is 68.1 cm³/mol. The van der Waals surface area contributed by atoms with Gasteiger partial charge in [-0.05, 0) is 12.1 Å². The molecule has 94 valence electrons. The van der Waals surface area contributed by atoms with E-state index in [4.69, 9.17) is 9.47 Å². The highest BCUT2D eigenvalue weighted by molar-refractivity contribution is 5.21. The highest BCUT2D eigenvalue weighted by atomic mass is 16.5. The SMILES string of the molecule is C[N+](C)(C)CC1(COc2ccccc2)COC1. The van der Waals surface area contributed by atoms with Crippen LogP contribution in [0.5, 0.6) is 5.75 Å². The molecule has 1 heterocycles. The van der Waals surface area contributed by atoms with Gasteiger partial charge in [0.25, 0.3) is 0 Å². The number of para-hydroxylation sites is 1. The molecule has 0 saturated carbocycles. The first-order valence-corrected chi connectivity index (χ1v) is 6.05. The van der Waals surface area contributed by atoms with Crippen LogP contribution in [0.25, 0.3) is 0 Å². The average Bonchev–Trinajstić information content (AvgIpc) is 2.22. The second-order valence-electron chi connectivity index (χ2n) is 6.04. The minimum atomic E-state index is 0.189. The third-order valence-corrected chi connectivity index (χ3v) is 2.91. The summed E-state index contributed by atoms with van der Waals surface area (Å²) in [6, 6.07) is 10.00. The fourth-order valence-electron chi connectivity index (χ4n) is 2.37. The van der Waals surface area contributed by atoms with Gasteiger partial charge in [-0.3, -0.25) is 0 Å². The molecule has 1 fully saturated rings. The summed E-state index contributed by atoms with van der Waals surface area (Å²) in [5, 5.41) is 0. The number of benzene rings is 1. The van der Waals surface area contributed by atoms with Gasteiger partial charge in [0.2, 0.25) is 0 Å². The average molecular weight is 236 g/mol. The van der Waals surface area contributed by atoms with Crippen molar-refractivity contribution < 1.29 is 14.0 Å². The number of hydrogen-bond donors (Lipinski definition) is 0. The molecule has 3 nitrogen and oxygen atoms in total. The van der Waals surface area contributed by atoms with Gasteiger partial charge in [-0.25, -0.2) is 0 Å². The van der Waals surface area contributed by atoms with Crippen molar-refractivity contribution in [1.29, 1.82) is 0 Å². The van der Waals surface area contributed by atoms with Gasteiger partial charge in [0.05, 0.1) is 46.3 Å². The second-order valence-corrected chi connectivity index (χ2v) is 6.04. The van der Waals surface area contributed by atoms with Crippen LogP contribution in [0.3, 0.4) is 0 Å². The van der Waals surface area contributed by atoms with E-state index in [2.05, 4.69) is 21.1 Å². The molecular formula is C14H22NO2+. The Kier molecular flexibility index (Phi) is 3.40. The molecule has 3 heteroatoms. The topological polar surface area (TPSA) is 18.5 Å². The fraction of sp³-hybridized carbons (Fsp3) is 0.571. The summed E-state index contributed by atoms with van der Waals surface area (Å²) < 4.78 is 12.2. The summed E-state index contributed by atoms with van der Waals surface area (Å²) in [6.45, 7) is 3.46. The summed E-state index contributed by atoms with van der Waals surface area (Å²) in [6.07, 6.45) is 0. The molecule has 0 radical (unpaired) electrons. The van der Waals surface area contributed by atoms with Crippen molar-refractivity contribution in [3.63, 3.8) is 0 Å². The van der Waals surface area contributed by atoms with Crippen LogP contribution < -0.4 is 4.74 Å². The van der Waals surface area contributed by atoms with Crippen molar-refractivity contribution in [1.82, 2.24) is 0 Å². The van der Waals surface area contributed by atoms with E-state index in [9.17, 15) is 0 Å². The number of rotatable bonds is 5. The first kappa shape index (κ1) is 12.4. The van der Waals surface area contributed by atoms with Gasteiger partial charge in [0.1, 0.15) is 12.4 Å². The first-order chi connectivity index (χ1) is 7.99. The summed E-state index contributed by atoms with van der Waals surface area (Å²) in [4.78, 5) is 0. The van der Waals surface area contributed by atoms with Crippen LogP contribution in [-0.2, 0) is 4.74 Å². The van der Waals surface area contributed by atoms with E-state index in [0.717, 1.165) is 36.6 Å². The van der Waals surface area contributed by atoms with Crippen LogP contribution in [0, 0.1) is 5.41 Å². The van der Waals surface area contributed by atoms with Gasteiger partial charge < -0.3 is 14.0 Å². The molecule has 17 heavy (non-hydrogen) atoms. The Morgan fingerprint density at radius 2 is 1.82 bits per heavy atom. The lowest BCUT2D eigenvalue weighted by Crippen LogP contribution is -2.57. The first-order valence-electron chi connectivity index (χ1n) is 6.05. The lowest BCUT2D eigenvalue weighted by atomic mass is 9.86. The quantitative estimate of drug-likeness (QED) is 0.726. The third kappa shape index (κ3) is 3.45. The zero-order chi connectivity index (χ0) is 12.4. The van der Waals surface area contributed by atoms with Gasteiger partial charge >= 0.3 is 0 Å². The summed E-state index contributed by atoms with van der Waals surface area (Å²) in [5.74, 6) is 0.945. The Morgan fingerprint density at radius 3 is 2.29 bits per heavy atom.